The quantitative estimate of drug-likeness (QED) is 0.463. The van der Waals surface area contributed by atoms with Crippen LogP contribution < -0.4 is 0 Å². The van der Waals surface area contributed by atoms with Crippen LogP contribution in [0.25, 0.3) is 0 Å². The first-order valence-corrected chi connectivity index (χ1v) is 9.76. The van der Waals surface area contributed by atoms with E-state index < -0.39 is 0 Å². The van der Waals surface area contributed by atoms with Crippen LogP contribution in [-0.4, -0.2) is 0 Å². The summed E-state index contributed by atoms with van der Waals surface area (Å²) in [6.07, 6.45) is 18.1. The first-order valence-electron chi connectivity index (χ1n) is 9.76. The van der Waals surface area contributed by atoms with Gasteiger partial charge in [0.25, 0.3) is 0 Å². The Morgan fingerprint density at radius 3 is 2.38 bits per heavy atom. The van der Waals surface area contributed by atoms with Crippen molar-refractivity contribution in [3.05, 3.63) is 12.2 Å². The van der Waals surface area contributed by atoms with Crippen molar-refractivity contribution in [2.75, 3.05) is 0 Å². The van der Waals surface area contributed by atoms with Crippen molar-refractivity contribution in [2.24, 2.45) is 35.5 Å². The zero-order chi connectivity index (χ0) is 15.2. The molecule has 0 aromatic carbocycles. The third kappa shape index (κ3) is 5.15. The van der Waals surface area contributed by atoms with Gasteiger partial charge < -0.3 is 0 Å². The maximum absolute atomic E-state index is 2.52. The van der Waals surface area contributed by atoms with Crippen LogP contribution in [0.4, 0.5) is 0 Å². The van der Waals surface area contributed by atoms with Crippen LogP contribution in [0.1, 0.15) is 85.5 Å². The summed E-state index contributed by atoms with van der Waals surface area (Å²) >= 11 is 0. The minimum absolute atomic E-state index is 0.756. The average molecular weight is 291 g/mol. The summed E-state index contributed by atoms with van der Waals surface area (Å²) in [5, 5.41) is 0. The highest BCUT2D eigenvalue weighted by Gasteiger charge is 2.32. The fourth-order valence-electron chi connectivity index (χ4n) is 4.68. The molecule has 0 aromatic rings. The predicted octanol–water partition coefficient (Wildman–Crippen LogP) is 6.86. The molecule has 0 nitrogen and oxygen atoms in total. The summed E-state index contributed by atoms with van der Waals surface area (Å²) in [4.78, 5) is 0. The minimum Gasteiger partial charge on any atom is -0.0882 e. The molecule has 0 heteroatoms. The maximum Gasteiger partial charge on any atom is -0.0234 e. The van der Waals surface area contributed by atoms with Crippen LogP contribution >= 0.6 is 0 Å². The molecule has 0 aromatic heterocycles. The Morgan fingerprint density at radius 2 is 1.67 bits per heavy atom. The lowest BCUT2D eigenvalue weighted by Crippen LogP contribution is -2.28. The molecule has 0 aliphatic heterocycles. The van der Waals surface area contributed by atoms with E-state index >= 15 is 0 Å². The molecule has 1 fully saturated rings. The second-order valence-electron chi connectivity index (χ2n) is 8.37. The van der Waals surface area contributed by atoms with E-state index in [0.29, 0.717) is 0 Å². The lowest BCUT2D eigenvalue weighted by Gasteiger charge is -2.39. The number of allylic oxidation sites excluding steroid dienone is 2. The van der Waals surface area contributed by atoms with Crippen molar-refractivity contribution >= 4 is 0 Å². The molecule has 0 amide bonds. The third-order valence-corrected chi connectivity index (χ3v) is 6.64. The Bertz CT molecular complexity index is 310. The summed E-state index contributed by atoms with van der Waals surface area (Å²) in [5.41, 5.74) is 0. The lowest BCUT2D eigenvalue weighted by molar-refractivity contribution is 0.121. The molecule has 0 heterocycles. The molecule has 3 rings (SSSR count). The molecule has 0 saturated heterocycles. The third-order valence-electron chi connectivity index (χ3n) is 6.64. The SMILES string of the molecule is CCC1CC2CC(CCCC(C)CCC=CC(C)C1C)C2. The van der Waals surface area contributed by atoms with Gasteiger partial charge in [0.1, 0.15) is 0 Å². The number of fused-ring (bicyclic) bond motifs is 10. The Hall–Kier alpha value is -0.260. The van der Waals surface area contributed by atoms with Gasteiger partial charge in [-0.2, -0.15) is 0 Å². The molecule has 4 atom stereocenters. The Balaban J connectivity index is 1.95. The molecular weight excluding hydrogens is 252 g/mol. The largest absolute Gasteiger partial charge is 0.0882 e. The molecule has 3 aliphatic rings. The fourth-order valence-corrected chi connectivity index (χ4v) is 4.68. The van der Waals surface area contributed by atoms with Gasteiger partial charge in [-0.1, -0.05) is 65.5 Å². The van der Waals surface area contributed by atoms with Crippen LogP contribution in [0, 0.1) is 35.5 Å². The van der Waals surface area contributed by atoms with Gasteiger partial charge in [0.05, 0.1) is 0 Å². The van der Waals surface area contributed by atoms with Crippen molar-refractivity contribution in [2.45, 2.75) is 85.5 Å². The first kappa shape index (κ1) is 17.1. The van der Waals surface area contributed by atoms with Crippen LogP contribution in [0.2, 0.25) is 0 Å². The van der Waals surface area contributed by atoms with Crippen molar-refractivity contribution in [3.8, 4) is 0 Å². The minimum atomic E-state index is 0.756. The molecule has 21 heavy (non-hydrogen) atoms. The van der Waals surface area contributed by atoms with Gasteiger partial charge in [-0.15, -0.1) is 0 Å². The average Bonchev–Trinajstić information content (AvgIpc) is 2.43. The van der Waals surface area contributed by atoms with Gasteiger partial charge in [-0.25, -0.2) is 0 Å². The highest BCUT2D eigenvalue weighted by molar-refractivity contribution is 4.92. The molecule has 122 valence electrons. The van der Waals surface area contributed by atoms with Gasteiger partial charge in [-0.05, 0) is 67.6 Å². The normalized spacial score (nSPS) is 42.7. The summed E-state index contributed by atoms with van der Waals surface area (Å²) in [5.74, 6) is 5.61. The van der Waals surface area contributed by atoms with Crippen LogP contribution in [0.15, 0.2) is 12.2 Å². The fraction of sp³-hybridized carbons (Fsp3) is 0.905. The molecule has 4 unspecified atom stereocenters. The van der Waals surface area contributed by atoms with E-state index in [0.717, 1.165) is 35.5 Å². The Kier molecular flexibility index (Phi) is 6.83. The summed E-state index contributed by atoms with van der Waals surface area (Å²) in [7, 11) is 0. The van der Waals surface area contributed by atoms with E-state index in [1.807, 2.05) is 0 Å². The van der Waals surface area contributed by atoms with Gasteiger partial charge in [0, 0.05) is 0 Å². The van der Waals surface area contributed by atoms with Crippen molar-refractivity contribution in [1.29, 1.82) is 0 Å². The molecular formula is C21H38. The standard InChI is InChI=1S/C21H38/c1-5-21-15-20-13-19(14-20)12-8-10-16(2)9-6-7-11-17(3)18(21)4/h7,11,16-21H,5-6,8-10,12-15H2,1-4H3. The molecule has 0 radical (unpaired) electrons. The molecule has 2 bridgehead atoms. The summed E-state index contributed by atoms with van der Waals surface area (Å²) in [6.45, 7) is 9.80. The number of hydrogen-bond donors (Lipinski definition) is 0. The van der Waals surface area contributed by atoms with Crippen LogP contribution in [-0.2, 0) is 0 Å². The van der Waals surface area contributed by atoms with Crippen molar-refractivity contribution < 1.29 is 0 Å². The van der Waals surface area contributed by atoms with Gasteiger partial charge in [0.2, 0.25) is 0 Å². The van der Waals surface area contributed by atoms with E-state index in [9.17, 15) is 0 Å². The number of hydrogen-bond acceptors (Lipinski definition) is 0. The molecule has 1 saturated carbocycles. The Labute approximate surface area is 133 Å². The topological polar surface area (TPSA) is 0 Å². The van der Waals surface area contributed by atoms with Crippen LogP contribution in [0.3, 0.4) is 0 Å². The smallest absolute Gasteiger partial charge is 0.0234 e. The summed E-state index contributed by atoms with van der Waals surface area (Å²) < 4.78 is 0. The Morgan fingerprint density at radius 1 is 0.905 bits per heavy atom. The van der Waals surface area contributed by atoms with E-state index in [-0.39, 0.29) is 0 Å². The molecule has 0 spiro atoms. The van der Waals surface area contributed by atoms with Crippen molar-refractivity contribution in [3.63, 3.8) is 0 Å². The summed E-state index contributed by atoms with van der Waals surface area (Å²) in [6, 6.07) is 0. The van der Waals surface area contributed by atoms with Crippen LogP contribution in [0.5, 0.6) is 0 Å². The second-order valence-corrected chi connectivity index (χ2v) is 8.37. The maximum atomic E-state index is 2.52. The van der Waals surface area contributed by atoms with Gasteiger partial charge >= 0.3 is 0 Å². The van der Waals surface area contributed by atoms with E-state index in [4.69, 9.17) is 0 Å². The van der Waals surface area contributed by atoms with Gasteiger partial charge in [-0.3, -0.25) is 0 Å². The highest BCUT2D eigenvalue weighted by Crippen LogP contribution is 2.43. The molecule has 3 aliphatic carbocycles. The van der Waals surface area contributed by atoms with E-state index in [2.05, 4.69) is 39.8 Å². The molecule has 0 N–H and O–H groups in total. The predicted molar refractivity (Wildman–Crippen MR) is 94.3 cm³/mol. The monoisotopic (exact) mass is 290 g/mol. The number of rotatable bonds is 1. The lowest BCUT2D eigenvalue weighted by atomic mass is 9.66. The van der Waals surface area contributed by atoms with Crippen molar-refractivity contribution in [1.82, 2.24) is 0 Å². The van der Waals surface area contributed by atoms with E-state index in [1.54, 1.807) is 12.8 Å². The zero-order valence-corrected chi connectivity index (χ0v) is 15.0. The zero-order valence-electron chi connectivity index (χ0n) is 15.0. The second kappa shape index (κ2) is 8.39. The van der Waals surface area contributed by atoms with Gasteiger partial charge in [0.15, 0.2) is 0 Å². The van der Waals surface area contributed by atoms with E-state index in [1.165, 1.54) is 44.9 Å². The first-order chi connectivity index (χ1) is 10.1. The highest BCUT2D eigenvalue weighted by atomic mass is 14.4.